The van der Waals surface area contributed by atoms with Crippen molar-refractivity contribution in [3.63, 3.8) is 0 Å². The molecule has 0 radical (unpaired) electrons. The first kappa shape index (κ1) is 12.6. The summed E-state index contributed by atoms with van der Waals surface area (Å²) >= 11 is 0. The minimum absolute atomic E-state index is 0.150. The Morgan fingerprint density at radius 3 is 2.25 bits per heavy atom. The van der Waals surface area contributed by atoms with Crippen LogP contribution in [0.1, 0.15) is 17.5 Å². The van der Waals surface area contributed by atoms with Crippen LogP contribution in [0.3, 0.4) is 0 Å². The first-order valence-electron chi connectivity index (χ1n) is 5.51. The van der Waals surface area contributed by atoms with Gasteiger partial charge in [-0.1, -0.05) is 6.07 Å². The molecule has 16 heavy (non-hydrogen) atoms. The van der Waals surface area contributed by atoms with E-state index in [0.717, 1.165) is 5.69 Å². The zero-order valence-electron chi connectivity index (χ0n) is 10.5. The molecule has 0 saturated carbocycles. The molecule has 1 N–H and O–H groups in total. The molecule has 0 atom stereocenters. The Bertz CT molecular complexity index is 352. The third kappa shape index (κ3) is 3.93. The summed E-state index contributed by atoms with van der Waals surface area (Å²) in [5, 5.41) is 3.26. The van der Waals surface area contributed by atoms with Crippen molar-refractivity contribution in [2.75, 3.05) is 26.0 Å². The molecule has 0 bridgehead atoms. The van der Waals surface area contributed by atoms with Gasteiger partial charge >= 0.3 is 0 Å². The van der Waals surface area contributed by atoms with Gasteiger partial charge in [0.2, 0.25) is 5.91 Å². The monoisotopic (exact) mass is 220 g/mol. The molecule has 1 amide bonds. The molecular formula is C13H20N2O. The molecular weight excluding hydrogens is 200 g/mol. The number of aryl methyl sites for hydroxylation is 2. The van der Waals surface area contributed by atoms with Gasteiger partial charge in [0.05, 0.1) is 0 Å². The maximum absolute atomic E-state index is 11.4. The van der Waals surface area contributed by atoms with Crippen molar-refractivity contribution in [2.45, 2.75) is 20.3 Å². The second-order valence-corrected chi connectivity index (χ2v) is 4.34. The summed E-state index contributed by atoms with van der Waals surface area (Å²) in [5.74, 6) is 0.150. The molecule has 0 fully saturated rings. The highest BCUT2D eigenvalue weighted by atomic mass is 16.2. The minimum atomic E-state index is 0.150. The third-order valence-corrected chi connectivity index (χ3v) is 2.39. The second kappa shape index (κ2) is 5.54. The summed E-state index contributed by atoms with van der Waals surface area (Å²) in [6, 6.07) is 6.32. The standard InChI is InChI=1S/C13H20N2O/c1-10-7-11(2)9-12(8-10)14-6-5-13(16)15(3)4/h7-9,14H,5-6H2,1-4H3. The molecule has 1 rings (SSSR count). The van der Waals surface area contributed by atoms with Crippen molar-refractivity contribution < 1.29 is 4.79 Å². The molecule has 0 saturated heterocycles. The molecule has 0 aromatic heterocycles. The van der Waals surface area contributed by atoms with E-state index in [2.05, 4.69) is 37.4 Å². The van der Waals surface area contributed by atoms with Gasteiger partial charge in [0.15, 0.2) is 0 Å². The average molecular weight is 220 g/mol. The van der Waals surface area contributed by atoms with E-state index in [1.165, 1.54) is 11.1 Å². The molecule has 0 unspecified atom stereocenters. The largest absolute Gasteiger partial charge is 0.385 e. The van der Waals surface area contributed by atoms with Crippen molar-refractivity contribution >= 4 is 11.6 Å². The number of carbonyl (C=O) groups is 1. The van der Waals surface area contributed by atoms with Gasteiger partial charge in [0.1, 0.15) is 0 Å². The highest BCUT2D eigenvalue weighted by Gasteiger charge is 2.02. The van der Waals surface area contributed by atoms with Crippen LogP contribution in [-0.2, 0) is 4.79 Å². The summed E-state index contributed by atoms with van der Waals surface area (Å²) in [4.78, 5) is 13.0. The summed E-state index contributed by atoms with van der Waals surface area (Å²) < 4.78 is 0. The molecule has 3 nitrogen and oxygen atoms in total. The molecule has 88 valence electrons. The fourth-order valence-electron chi connectivity index (χ4n) is 1.61. The molecule has 1 aromatic carbocycles. The van der Waals surface area contributed by atoms with Crippen molar-refractivity contribution in [3.8, 4) is 0 Å². The van der Waals surface area contributed by atoms with Gasteiger partial charge in [-0.05, 0) is 37.1 Å². The smallest absolute Gasteiger partial charge is 0.223 e. The van der Waals surface area contributed by atoms with E-state index < -0.39 is 0 Å². The number of benzene rings is 1. The highest BCUT2D eigenvalue weighted by Crippen LogP contribution is 2.13. The maximum Gasteiger partial charge on any atom is 0.223 e. The van der Waals surface area contributed by atoms with Crippen LogP contribution in [-0.4, -0.2) is 31.4 Å². The molecule has 0 aliphatic rings. The van der Waals surface area contributed by atoms with Gasteiger partial charge in [-0.2, -0.15) is 0 Å². The Morgan fingerprint density at radius 2 is 1.75 bits per heavy atom. The normalized spacial score (nSPS) is 10.0. The lowest BCUT2D eigenvalue weighted by atomic mass is 10.1. The Hall–Kier alpha value is -1.51. The summed E-state index contributed by atoms with van der Waals surface area (Å²) in [6.07, 6.45) is 0.528. The fraction of sp³-hybridized carbons (Fsp3) is 0.462. The fourth-order valence-corrected chi connectivity index (χ4v) is 1.61. The van der Waals surface area contributed by atoms with Gasteiger partial charge in [0.25, 0.3) is 0 Å². The van der Waals surface area contributed by atoms with Gasteiger partial charge in [-0.15, -0.1) is 0 Å². The molecule has 1 aromatic rings. The predicted molar refractivity (Wildman–Crippen MR) is 67.7 cm³/mol. The number of nitrogens with one attached hydrogen (secondary N) is 1. The number of nitrogens with zero attached hydrogens (tertiary/aromatic N) is 1. The van der Waals surface area contributed by atoms with E-state index in [0.29, 0.717) is 13.0 Å². The average Bonchev–Trinajstić information content (AvgIpc) is 2.15. The Morgan fingerprint density at radius 1 is 1.19 bits per heavy atom. The maximum atomic E-state index is 11.4. The van der Waals surface area contributed by atoms with Crippen LogP contribution in [0.15, 0.2) is 18.2 Å². The number of rotatable bonds is 4. The molecule has 3 heteroatoms. The lowest BCUT2D eigenvalue weighted by Crippen LogP contribution is -2.23. The van der Waals surface area contributed by atoms with E-state index >= 15 is 0 Å². The van der Waals surface area contributed by atoms with Crippen LogP contribution in [0.5, 0.6) is 0 Å². The number of carbonyl (C=O) groups excluding carboxylic acids is 1. The van der Waals surface area contributed by atoms with Crippen LogP contribution in [0, 0.1) is 13.8 Å². The summed E-state index contributed by atoms with van der Waals surface area (Å²) in [7, 11) is 3.55. The van der Waals surface area contributed by atoms with Crippen molar-refractivity contribution in [2.24, 2.45) is 0 Å². The van der Waals surface area contributed by atoms with Crippen molar-refractivity contribution in [1.82, 2.24) is 4.90 Å². The van der Waals surface area contributed by atoms with Gasteiger partial charge in [-0.25, -0.2) is 0 Å². The first-order valence-corrected chi connectivity index (χ1v) is 5.51. The van der Waals surface area contributed by atoms with Crippen LogP contribution < -0.4 is 5.32 Å². The first-order chi connectivity index (χ1) is 7.49. The van der Waals surface area contributed by atoms with E-state index in [9.17, 15) is 4.79 Å². The van der Waals surface area contributed by atoms with Crippen molar-refractivity contribution in [1.29, 1.82) is 0 Å². The lowest BCUT2D eigenvalue weighted by Gasteiger charge is -2.11. The summed E-state index contributed by atoms with van der Waals surface area (Å²) in [5.41, 5.74) is 3.56. The van der Waals surface area contributed by atoms with E-state index in [1.54, 1.807) is 19.0 Å². The van der Waals surface area contributed by atoms with Gasteiger partial charge in [0, 0.05) is 32.7 Å². The molecule has 0 spiro atoms. The van der Waals surface area contributed by atoms with Crippen LogP contribution in [0.25, 0.3) is 0 Å². The third-order valence-electron chi connectivity index (χ3n) is 2.39. The topological polar surface area (TPSA) is 32.3 Å². The van der Waals surface area contributed by atoms with Crippen LogP contribution in [0.2, 0.25) is 0 Å². The van der Waals surface area contributed by atoms with Crippen LogP contribution in [0.4, 0.5) is 5.69 Å². The van der Waals surface area contributed by atoms with E-state index in [-0.39, 0.29) is 5.91 Å². The zero-order chi connectivity index (χ0) is 12.1. The number of hydrogen-bond acceptors (Lipinski definition) is 2. The van der Waals surface area contributed by atoms with E-state index in [1.807, 2.05) is 0 Å². The zero-order valence-corrected chi connectivity index (χ0v) is 10.5. The second-order valence-electron chi connectivity index (χ2n) is 4.34. The number of anilines is 1. The quantitative estimate of drug-likeness (QED) is 0.843. The Kier molecular flexibility index (Phi) is 4.35. The Balaban J connectivity index is 2.46. The Labute approximate surface area is 97.5 Å². The molecule has 0 heterocycles. The van der Waals surface area contributed by atoms with Crippen LogP contribution >= 0.6 is 0 Å². The number of hydrogen-bond donors (Lipinski definition) is 1. The SMILES string of the molecule is Cc1cc(C)cc(NCCC(=O)N(C)C)c1. The predicted octanol–water partition coefficient (Wildman–Crippen LogP) is 2.19. The summed E-state index contributed by atoms with van der Waals surface area (Å²) in [6.45, 7) is 4.83. The number of amides is 1. The van der Waals surface area contributed by atoms with Gasteiger partial charge < -0.3 is 10.2 Å². The highest BCUT2D eigenvalue weighted by molar-refractivity contribution is 5.76. The van der Waals surface area contributed by atoms with E-state index in [4.69, 9.17) is 0 Å². The van der Waals surface area contributed by atoms with Gasteiger partial charge in [-0.3, -0.25) is 4.79 Å². The van der Waals surface area contributed by atoms with Crippen molar-refractivity contribution in [3.05, 3.63) is 29.3 Å². The minimum Gasteiger partial charge on any atom is -0.385 e. The molecule has 0 aliphatic heterocycles. The lowest BCUT2D eigenvalue weighted by molar-refractivity contribution is -0.128. The molecule has 0 aliphatic carbocycles.